The molecule has 18 heavy (non-hydrogen) atoms. The topological polar surface area (TPSA) is 18.5 Å². The molecule has 0 N–H and O–H groups in total. The van der Waals surface area contributed by atoms with E-state index in [-0.39, 0.29) is 17.4 Å². The summed E-state index contributed by atoms with van der Waals surface area (Å²) in [5.74, 6) is -1.04. The van der Waals surface area contributed by atoms with E-state index < -0.39 is 16.5 Å². The van der Waals surface area contributed by atoms with Crippen molar-refractivity contribution in [1.82, 2.24) is 0 Å². The van der Waals surface area contributed by atoms with E-state index >= 15 is 0 Å². The van der Waals surface area contributed by atoms with Gasteiger partial charge in [-0.25, -0.2) is 8.78 Å². The second-order valence-electron chi connectivity index (χ2n) is 4.31. The molecule has 1 saturated heterocycles. The maximum atomic E-state index is 13.9. The van der Waals surface area contributed by atoms with Crippen LogP contribution in [0.4, 0.5) is 8.78 Å². The van der Waals surface area contributed by atoms with Crippen molar-refractivity contribution in [3.8, 4) is 5.75 Å². The number of hydrogen-bond acceptors (Lipinski definition) is 2. The van der Waals surface area contributed by atoms with E-state index in [0.29, 0.717) is 6.61 Å². The molecule has 1 aliphatic heterocycles. The molecule has 2 nitrogen and oxygen atoms in total. The first-order chi connectivity index (χ1) is 8.63. The molecular formula is C13H15BrF2O2. The van der Waals surface area contributed by atoms with Gasteiger partial charge in [-0.2, -0.15) is 0 Å². The van der Waals surface area contributed by atoms with Gasteiger partial charge in [-0.05, 0) is 19.3 Å². The van der Waals surface area contributed by atoms with E-state index in [1.165, 1.54) is 19.2 Å². The summed E-state index contributed by atoms with van der Waals surface area (Å²) in [7, 11) is 1.38. The Morgan fingerprint density at radius 2 is 2.00 bits per heavy atom. The van der Waals surface area contributed by atoms with Crippen LogP contribution < -0.4 is 4.74 Å². The van der Waals surface area contributed by atoms with Crippen LogP contribution in [0.15, 0.2) is 12.1 Å². The molecule has 100 valence electrons. The largest absolute Gasteiger partial charge is 0.497 e. The van der Waals surface area contributed by atoms with Gasteiger partial charge >= 0.3 is 0 Å². The first kappa shape index (κ1) is 13.7. The average Bonchev–Trinajstić information content (AvgIpc) is 2.38. The lowest BCUT2D eigenvalue weighted by Crippen LogP contribution is -2.24. The Morgan fingerprint density at radius 1 is 1.33 bits per heavy atom. The molecule has 0 spiro atoms. The summed E-state index contributed by atoms with van der Waals surface area (Å²) in [4.78, 5) is -0.469. The molecule has 0 saturated carbocycles. The molecule has 0 bridgehead atoms. The predicted molar refractivity (Wildman–Crippen MR) is 68.2 cm³/mol. The van der Waals surface area contributed by atoms with E-state index in [2.05, 4.69) is 15.9 Å². The molecule has 1 aromatic rings. The zero-order chi connectivity index (χ0) is 13.1. The second-order valence-corrected chi connectivity index (χ2v) is 5.30. The highest BCUT2D eigenvalue weighted by atomic mass is 79.9. The summed E-state index contributed by atoms with van der Waals surface area (Å²) in [6.07, 6.45) is 2.65. The monoisotopic (exact) mass is 320 g/mol. The van der Waals surface area contributed by atoms with Crippen molar-refractivity contribution < 1.29 is 18.3 Å². The molecule has 1 fully saturated rings. The molecule has 0 aliphatic carbocycles. The lowest BCUT2D eigenvalue weighted by molar-refractivity contribution is 0.0150. The standard InChI is InChI=1S/C13H15BrF2O2/c1-17-8-6-9(15)12(10(16)7-8)13(14)11-4-2-3-5-18-11/h6-7,11,13H,2-5H2,1H3. The van der Waals surface area contributed by atoms with Gasteiger partial charge in [0.25, 0.3) is 0 Å². The lowest BCUT2D eigenvalue weighted by atomic mass is 10.00. The van der Waals surface area contributed by atoms with E-state index in [0.717, 1.165) is 19.3 Å². The predicted octanol–water partition coefficient (Wildman–Crippen LogP) is 3.98. The highest BCUT2D eigenvalue weighted by Crippen LogP contribution is 2.37. The van der Waals surface area contributed by atoms with Gasteiger partial charge in [-0.15, -0.1) is 0 Å². The van der Waals surface area contributed by atoms with Crippen LogP contribution in [0.1, 0.15) is 29.7 Å². The third-order valence-electron chi connectivity index (χ3n) is 3.11. The number of rotatable bonds is 3. The van der Waals surface area contributed by atoms with Crippen LogP contribution in [-0.2, 0) is 4.74 Å². The fraction of sp³-hybridized carbons (Fsp3) is 0.538. The fourth-order valence-corrected chi connectivity index (χ4v) is 2.98. The summed E-state index contributed by atoms with van der Waals surface area (Å²) in [6.45, 7) is 0.645. The second kappa shape index (κ2) is 5.97. The van der Waals surface area contributed by atoms with Crippen molar-refractivity contribution in [3.05, 3.63) is 29.3 Å². The molecule has 0 amide bonds. The van der Waals surface area contributed by atoms with Crippen LogP contribution >= 0.6 is 15.9 Å². The number of alkyl halides is 1. The molecule has 2 unspecified atom stereocenters. The van der Waals surface area contributed by atoms with Crippen LogP contribution in [0.25, 0.3) is 0 Å². The Labute approximate surface area is 113 Å². The van der Waals surface area contributed by atoms with Gasteiger partial charge in [-0.3, -0.25) is 0 Å². The van der Waals surface area contributed by atoms with Crippen molar-refractivity contribution in [2.24, 2.45) is 0 Å². The fourth-order valence-electron chi connectivity index (χ4n) is 2.12. The molecular weight excluding hydrogens is 306 g/mol. The van der Waals surface area contributed by atoms with Crippen molar-refractivity contribution in [2.45, 2.75) is 30.2 Å². The third kappa shape index (κ3) is 2.83. The summed E-state index contributed by atoms with van der Waals surface area (Å²) in [5, 5.41) is 0. The minimum atomic E-state index is -0.608. The molecule has 1 aromatic carbocycles. The van der Waals surface area contributed by atoms with Gasteiger partial charge in [0.05, 0.1) is 18.0 Å². The van der Waals surface area contributed by atoms with Crippen molar-refractivity contribution in [2.75, 3.05) is 13.7 Å². The summed E-state index contributed by atoms with van der Waals surface area (Å²) in [6, 6.07) is 2.38. The van der Waals surface area contributed by atoms with Gasteiger partial charge in [0.15, 0.2) is 0 Å². The first-order valence-electron chi connectivity index (χ1n) is 5.92. The summed E-state index contributed by atoms with van der Waals surface area (Å²) >= 11 is 3.35. The highest BCUT2D eigenvalue weighted by Gasteiger charge is 2.28. The van der Waals surface area contributed by atoms with Crippen LogP contribution in [0.2, 0.25) is 0 Å². The molecule has 1 aliphatic rings. The van der Waals surface area contributed by atoms with Gasteiger partial charge in [0.1, 0.15) is 17.4 Å². The number of halogens is 3. The SMILES string of the molecule is COc1cc(F)c(C(Br)C2CCCCO2)c(F)c1. The minimum absolute atomic E-state index is 0.0164. The zero-order valence-corrected chi connectivity index (χ0v) is 11.7. The van der Waals surface area contributed by atoms with Crippen molar-refractivity contribution >= 4 is 15.9 Å². The van der Waals surface area contributed by atoms with Crippen molar-refractivity contribution in [3.63, 3.8) is 0 Å². The van der Waals surface area contributed by atoms with E-state index in [1.807, 2.05) is 0 Å². The first-order valence-corrected chi connectivity index (χ1v) is 6.83. The molecule has 0 radical (unpaired) electrons. The van der Waals surface area contributed by atoms with Gasteiger partial charge in [-0.1, -0.05) is 15.9 Å². The Balaban J connectivity index is 2.26. The number of benzene rings is 1. The molecule has 2 rings (SSSR count). The van der Waals surface area contributed by atoms with Crippen LogP contribution in [-0.4, -0.2) is 19.8 Å². The Hall–Kier alpha value is -0.680. The van der Waals surface area contributed by atoms with Crippen LogP contribution in [0.5, 0.6) is 5.75 Å². The molecule has 2 atom stereocenters. The lowest BCUT2D eigenvalue weighted by Gasteiger charge is -2.27. The Kier molecular flexibility index (Phi) is 4.56. The van der Waals surface area contributed by atoms with Crippen molar-refractivity contribution in [1.29, 1.82) is 0 Å². The smallest absolute Gasteiger partial charge is 0.134 e. The number of ether oxygens (including phenoxy) is 2. The molecule has 1 heterocycles. The van der Waals surface area contributed by atoms with E-state index in [4.69, 9.17) is 9.47 Å². The van der Waals surface area contributed by atoms with Gasteiger partial charge < -0.3 is 9.47 Å². The zero-order valence-electron chi connectivity index (χ0n) is 10.1. The van der Waals surface area contributed by atoms with E-state index in [1.54, 1.807) is 0 Å². The highest BCUT2D eigenvalue weighted by molar-refractivity contribution is 9.09. The normalized spacial score (nSPS) is 21.7. The quantitative estimate of drug-likeness (QED) is 0.784. The molecule has 0 aromatic heterocycles. The Bertz CT molecular complexity index is 396. The molecule has 5 heteroatoms. The maximum Gasteiger partial charge on any atom is 0.134 e. The van der Waals surface area contributed by atoms with Gasteiger partial charge in [0, 0.05) is 24.3 Å². The average molecular weight is 321 g/mol. The van der Waals surface area contributed by atoms with Crippen LogP contribution in [0, 0.1) is 11.6 Å². The third-order valence-corrected chi connectivity index (χ3v) is 4.15. The maximum absolute atomic E-state index is 13.9. The number of methoxy groups -OCH3 is 1. The van der Waals surface area contributed by atoms with Gasteiger partial charge in [0.2, 0.25) is 0 Å². The minimum Gasteiger partial charge on any atom is -0.497 e. The number of hydrogen-bond donors (Lipinski definition) is 0. The van der Waals surface area contributed by atoms with E-state index in [9.17, 15) is 8.78 Å². The summed E-state index contributed by atoms with van der Waals surface area (Å²) < 4.78 is 38.2. The van der Waals surface area contributed by atoms with Crippen LogP contribution in [0.3, 0.4) is 0 Å². The Morgan fingerprint density at radius 3 is 2.50 bits per heavy atom. The summed E-state index contributed by atoms with van der Waals surface area (Å²) in [5.41, 5.74) is 0.0164.